The van der Waals surface area contributed by atoms with Gasteiger partial charge in [0.2, 0.25) is 0 Å². The molecule has 0 saturated heterocycles. The molecular weight excluding hydrogens is 308 g/mol. The van der Waals surface area contributed by atoms with Crippen molar-refractivity contribution in [1.29, 1.82) is 0 Å². The van der Waals surface area contributed by atoms with Gasteiger partial charge in [-0.25, -0.2) is 9.67 Å². The highest BCUT2D eigenvalue weighted by Crippen LogP contribution is 2.13. The molecule has 0 radical (unpaired) electrons. The molecule has 8 heteroatoms. The third kappa shape index (κ3) is 5.76. The first-order valence-corrected chi connectivity index (χ1v) is 8.58. The number of aliphatic imine (C=N–C) groups is 1. The van der Waals surface area contributed by atoms with E-state index in [9.17, 15) is 0 Å². The fraction of sp³-hybridized carbons (Fsp3) is 0.812. The van der Waals surface area contributed by atoms with Crippen molar-refractivity contribution in [3.63, 3.8) is 0 Å². The molecule has 0 amide bonds. The largest absolute Gasteiger partial charge is 0.379 e. The number of hydrogen-bond acceptors (Lipinski definition) is 5. The molecule has 0 fully saturated rings. The molecule has 0 aliphatic carbocycles. The molecule has 24 heavy (non-hydrogen) atoms. The second-order valence-electron chi connectivity index (χ2n) is 6.41. The van der Waals surface area contributed by atoms with Crippen molar-refractivity contribution in [2.24, 2.45) is 10.9 Å². The second kappa shape index (κ2) is 9.58. The Kier molecular flexibility index (Phi) is 7.45. The zero-order valence-corrected chi connectivity index (χ0v) is 15.2. The van der Waals surface area contributed by atoms with Crippen molar-refractivity contribution in [1.82, 2.24) is 25.4 Å². The van der Waals surface area contributed by atoms with Crippen LogP contribution in [0.1, 0.15) is 31.9 Å². The van der Waals surface area contributed by atoms with Crippen molar-refractivity contribution in [2.75, 3.05) is 33.9 Å². The van der Waals surface area contributed by atoms with Crippen LogP contribution in [0.25, 0.3) is 0 Å². The van der Waals surface area contributed by atoms with Crippen LogP contribution < -0.4 is 10.6 Å². The van der Waals surface area contributed by atoms with E-state index in [2.05, 4.69) is 39.6 Å². The Bertz CT molecular complexity index is 529. The Morgan fingerprint density at radius 3 is 3.00 bits per heavy atom. The number of nitrogens with zero attached hydrogens (tertiary/aromatic N) is 4. The number of ether oxygens (including phenoxy) is 2. The predicted molar refractivity (Wildman–Crippen MR) is 93.0 cm³/mol. The van der Waals surface area contributed by atoms with E-state index in [0.29, 0.717) is 19.1 Å². The first-order chi connectivity index (χ1) is 11.6. The summed E-state index contributed by atoms with van der Waals surface area (Å²) in [6.45, 7) is 7.74. The highest BCUT2D eigenvalue weighted by atomic mass is 16.5. The molecule has 2 heterocycles. The van der Waals surface area contributed by atoms with Crippen molar-refractivity contribution in [2.45, 2.75) is 45.9 Å². The summed E-state index contributed by atoms with van der Waals surface area (Å²) in [5, 5.41) is 11.2. The molecule has 0 aromatic carbocycles. The number of guanidine groups is 1. The number of aryl methyl sites for hydroxylation is 1. The molecule has 1 aromatic heterocycles. The van der Waals surface area contributed by atoms with E-state index in [-0.39, 0.29) is 6.04 Å². The van der Waals surface area contributed by atoms with Gasteiger partial charge in [-0.15, -0.1) is 0 Å². The van der Waals surface area contributed by atoms with Crippen LogP contribution in [-0.4, -0.2) is 60.7 Å². The van der Waals surface area contributed by atoms with Crippen LogP contribution in [-0.2, 0) is 29.0 Å². The topological polar surface area (TPSA) is 85.6 Å². The Balaban J connectivity index is 1.75. The zero-order valence-electron chi connectivity index (χ0n) is 15.2. The molecule has 2 rings (SSSR count). The average molecular weight is 338 g/mol. The maximum absolute atomic E-state index is 5.57. The Labute approximate surface area is 144 Å². The van der Waals surface area contributed by atoms with Gasteiger partial charge in [0.15, 0.2) is 11.8 Å². The molecule has 1 aromatic rings. The van der Waals surface area contributed by atoms with E-state index >= 15 is 0 Å². The first kappa shape index (κ1) is 18.7. The van der Waals surface area contributed by atoms with Crippen LogP contribution in [0.3, 0.4) is 0 Å². The molecule has 8 nitrogen and oxygen atoms in total. The molecule has 1 aliphatic heterocycles. The number of nitrogens with one attached hydrogen (secondary N) is 2. The molecule has 1 aliphatic rings. The van der Waals surface area contributed by atoms with Gasteiger partial charge in [-0.3, -0.25) is 4.99 Å². The summed E-state index contributed by atoms with van der Waals surface area (Å²) in [7, 11) is 3.44. The van der Waals surface area contributed by atoms with Crippen molar-refractivity contribution >= 4 is 5.96 Å². The quantitative estimate of drug-likeness (QED) is 0.410. The van der Waals surface area contributed by atoms with Gasteiger partial charge in [0, 0.05) is 39.8 Å². The number of hydrogen-bond donors (Lipinski definition) is 2. The van der Waals surface area contributed by atoms with Crippen molar-refractivity contribution in [3.8, 4) is 0 Å². The lowest BCUT2D eigenvalue weighted by Gasteiger charge is -2.25. The van der Waals surface area contributed by atoms with Gasteiger partial charge in [0.05, 0.1) is 13.2 Å². The first-order valence-electron chi connectivity index (χ1n) is 8.58. The number of methoxy groups -OCH3 is 1. The van der Waals surface area contributed by atoms with E-state index in [1.165, 1.54) is 0 Å². The lowest BCUT2D eigenvalue weighted by molar-refractivity contribution is 0.114. The fourth-order valence-electron chi connectivity index (χ4n) is 2.62. The Morgan fingerprint density at radius 2 is 2.29 bits per heavy atom. The van der Waals surface area contributed by atoms with E-state index in [1.807, 2.05) is 4.68 Å². The number of aromatic nitrogens is 3. The number of rotatable bonds is 8. The maximum Gasteiger partial charge on any atom is 0.191 e. The summed E-state index contributed by atoms with van der Waals surface area (Å²) in [4.78, 5) is 8.77. The summed E-state index contributed by atoms with van der Waals surface area (Å²) in [6.07, 6.45) is 1.92. The van der Waals surface area contributed by atoms with E-state index in [0.717, 1.165) is 50.1 Å². The van der Waals surface area contributed by atoms with Crippen LogP contribution in [0.5, 0.6) is 0 Å². The predicted octanol–water partition coefficient (Wildman–Crippen LogP) is 0.577. The van der Waals surface area contributed by atoms with Gasteiger partial charge in [-0.05, 0) is 12.3 Å². The molecular formula is C16H30N6O2. The van der Waals surface area contributed by atoms with Crippen LogP contribution in [0.15, 0.2) is 4.99 Å². The molecule has 2 N–H and O–H groups in total. The summed E-state index contributed by atoms with van der Waals surface area (Å²) in [6, 6.07) is 0.289. The third-order valence-corrected chi connectivity index (χ3v) is 3.73. The number of fused-ring (bicyclic) bond motifs is 1. The minimum atomic E-state index is 0.289. The minimum Gasteiger partial charge on any atom is -0.379 e. The van der Waals surface area contributed by atoms with Gasteiger partial charge >= 0.3 is 0 Å². The molecule has 0 bridgehead atoms. The van der Waals surface area contributed by atoms with Crippen molar-refractivity contribution in [3.05, 3.63) is 11.6 Å². The lowest BCUT2D eigenvalue weighted by Crippen LogP contribution is -2.47. The molecule has 136 valence electrons. The van der Waals surface area contributed by atoms with Gasteiger partial charge in [-0.2, -0.15) is 5.10 Å². The zero-order chi connectivity index (χ0) is 17.4. The fourth-order valence-corrected chi connectivity index (χ4v) is 2.62. The second-order valence-corrected chi connectivity index (χ2v) is 6.41. The molecule has 0 saturated carbocycles. The Hall–Kier alpha value is -1.67. The molecule has 1 atom stereocenters. The van der Waals surface area contributed by atoms with Crippen LogP contribution in [0.2, 0.25) is 0 Å². The third-order valence-electron chi connectivity index (χ3n) is 3.73. The highest BCUT2D eigenvalue weighted by Gasteiger charge is 2.22. The normalized spacial score (nSPS) is 17.9. The van der Waals surface area contributed by atoms with Crippen LogP contribution in [0, 0.1) is 5.92 Å². The summed E-state index contributed by atoms with van der Waals surface area (Å²) < 4.78 is 12.6. The minimum absolute atomic E-state index is 0.289. The molecule has 1 unspecified atom stereocenters. The van der Waals surface area contributed by atoms with Gasteiger partial charge < -0.3 is 20.1 Å². The summed E-state index contributed by atoms with van der Waals surface area (Å²) in [5.41, 5.74) is 0. The van der Waals surface area contributed by atoms with E-state index < -0.39 is 0 Å². The average Bonchev–Trinajstić information content (AvgIpc) is 2.95. The van der Waals surface area contributed by atoms with E-state index in [1.54, 1.807) is 14.2 Å². The van der Waals surface area contributed by atoms with Crippen LogP contribution in [0.4, 0.5) is 0 Å². The van der Waals surface area contributed by atoms with Gasteiger partial charge in [0.25, 0.3) is 0 Å². The van der Waals surface area contributed by atoms with Gasteiger partial charge in [0.1, 0.15) is 12.4 Å². The van der Waals surface area contributed by atoms with Crippen molar-refractivity contribution < 1.29 is 9.47 Å². The summed E-state index contributed by atoms with van der Waals surface area (Å²) >= 11 is 0. The summed E-state index contributed by atoms with van der Waals surface area (Å²) in [5.74, 6) is 3.14. The maximum atomic E-state index is 5.57. The highest BCUT2D eigenvalue weighted by molar-refractivity contribution is 5.79. The monoisotopic (exact) mass is 338 g/mol. The van der Waals surface area contributed by atoms with Gasteiger partial charge in [-0.1, -0.05) is 13.8 Å². The lowest BCUT2D eigenvalue weighted by atomic mass is 10.1. The molecule has 0 spiro atoms. The smallest absolute Gasteiger partial charge is 0.191 e. The SMILES string of the molecule is CN=C(NCCOCC(C)C)NC1CCc2nc(COC)nn2C1. The van der Waals surface area contributed by atoms with E-state index in [4.69, 9.17) is 9.47 Å². The Morgan fingerprint density at radius 1 is 1.46 bits per heavy atom. The standard InChI is InChI=1S/C16H30N6O2/c1-12(2)10-24-8-7-18-16(17-3)19-13-5-6-15-20-14(11-23-4)21-22(15)9-13/h12-13H,5-11H2,1-4H3,(H2,17,18,19). The van der Waals surface area contributed by atoms with Crippen LogP contribution >= 0.6 is 0 Å².